The van der Waals surface area contributed by atoms with E-state index in [1.165, 1.54) is 22.5 Å². The molecule has 0 aliphatic carbocycles. The Bertz CT molecular complexity index is 628. The van der Waals surface area contributed by atoms with Crippen molar-refractivity contribution in [1.29, 1.82) is 0 Å². The zero-order valence-corrected chi connectivity index (χ0v) is 15.9. The van der Waals surface area contributed by atoms with Crippen molar-refractivity contribution in [3.05, 3.63) is 23.2 Å². The first-order chi connectivity index (χ1) is 10.8. The molecule has 130 valence electrons. The zero-order valence-electron chi connectivity index (χ0n) is 13.5. The Balaban J connectivity index is 3.14. The highest BCUT2D eigenvalue weighted by Crippen LogP contribution is 2.27. The van der Waals surface area contributed by atoms with Crippen molar-refractivity contribution < 1.29 is 8.42 Å². The molecular weight excluding hydrogens is 354 g/mol. The van der Waals surface area contributed by atoms with E-state index < -0.39 is 10.0 Å². The highest BCUT2D eigenvalue weighted by molar-refractivity contribution is 7.89. The normalized spacial score (nSPS) is 11.7. The number of unbranched alkanes of at least 4 members (excludes halogenated alkanes) is 2. The molecule has 0 aliphatic heterocycles. The van der Waals surface area contributed by atoms with Gasteiger partial charge in [0.15, 0.2) is 5.11 Å². The van der Waals surface area contributed by atoms with Gasteiger partial charge in [-0.05, 0) is 43.3 Å². The minimum absolute atomic E-state index is 0.0373. The summed E-state index contributed by atoms with van der Waals surface area (Å²) in [5, 5.41) is 3.11. The monoisotopic (exact) mass is 377 g/mol. The van der Waals surface area contributed by atoms with Gasteiger partial charge < -0.3 is 11.1 Å². The average Bonchev–Trinajstić information content (AvgIpc) is 2.48. The summed E-state index contributed by atoms with van der Waals surface area (Å²) >= 11 is 10.8. The van der Waals surface area contributed by atoms with E-state index in [1.54, 1.807) is 0 Å². The van der Waals surface area contributed by atoms with Gasteiger partial charge in [-0.25, -0.2) is 8.42 Å². The van der Waals surface area contributed by atoms with Crippen LogP contribution in [-0.4, -0.2) is 30.9 Å². The van der Waals surface area contributed by atoms with Gasteiger partial charge in [-0.1, -0.05) is 38.3 Å². The quantitative estimate of drug-likeness (QED) is 0.643. The molecule has 0 heterocycles. The van der Waals surface area contributed by atoms with Crippen LogP contribution in [0.2, 0.25) is 5.02 Å². The summed E-state index contributed by atoms with van der Waals surface area (Å²) in [6.45, 7) is 5.10. The fourth-order valence-corrected chi connectivity index (χ4v) is 3.88. The lowest BCUT2D eigenvalue weighted by molar-refractivity contribution is 0.395. The lowest BCUT2D eigenvalue weighted by atomic mass is 10.3. The molecule has 0 fully saturated rings. The van der Waals surface area contributed by atoms with Gasteiger partial charge in [-0.15, -0.1) is 0 Å². The molecule has 0 saturated carbocycles. The number of hydrogen-bond donors (Lipinski definition) is 2. The number of nitrogens with zero attached hydrogens (tertiary/aromatic N) is 1. The Hall–Kier alpha value is -0.890. The number of nitrogens with two attached hydrogens (primary N) is 1. The second kappa shape index (κ2) is 9.42. The van der Waals surface area contributed by atoms with E-state index in [4.69, 9.17) is 29.6 Å². The van der Waals surface area contributed by atoms with Crippen molar-refractivity contribution in [1.82, 2.24) is 4.31 Å². The van der Waals surface area contributed by atoms with Crippen molar-refractivity contribution in [2.75, 3.05) is 18.4 Å². The van der Waals surface area contributed by atoms with Crippen LogP contribution in [0, 0.1) is 0 Å². The fourth-order valence-electron chi connectivity index (χ4n) is 2.06. The smallest absolute Gasteiger partial charge is 0.243 e. The molecule has 0 radical (unpaired) electrons. The summed E-state index contributed by atoms with van der Waals surface area (Å²) in [4.78, 5) is 0.188. The topological polar surface area (TPSA) is 75.4 Å². The third-order valence-corrected chi connectivity index (χ3v) is 5.68. The fraction of sp³-hybridized carbons (Fsp3) is 0.533. The maximum absolute atomic E-state index is 12.9. The van der Waals surface area contributed by atoms with Crippen molar-refractivity contribution >= 4 is 44.6 Å². The van der Waals surface area contributed by atoms with E-state index >= 15 is 0 Å². The Morgan fingerprint density at radius 2 is 1.83 bits per heavy atom. The Kier molecular flexibility index (Phi) is 8.25. The van der Waals surface area contributed by atoms with E-state index in [2.05, 4.69) is 5.32 Å². The van der Waals surface area contributed by atoms with Crippen LogP contribution in [0.25, 0.3) is 0 Å². The van der Waals surface area contributed by atoms with Crippen LogP contribution in [0.5, 0.6) is 0 Å². The van der Waals surface area contributed by atoms with Gasteiger partial charge in [0.1, 0.15) is 0 Å². The minimum atomic E-state index is -3.57. The molecule has 0 saturated heterocycles. The molecule has 0 unspecified atom stereocenters. The van der Waals surface area contributed by atoms with E-state index in [-0.39, 0.29) is 10.0 Å². The summed E-state index contributed by atoms with van der Waals surface area (Å²) in [6.07, 6.45) is 3.53. The van der Waals surface area contributed by atoms with Gasteiger partial charge >= 0.3 is 0 Å². The Labute approximate surface area is 149 Å². The number of anilines is 1. The van der Waals surface area contributed by atoms with Gasteiger partial charge in [-0.3, -0.25) is 0 Å². The molecule has 23 heavy (non-hydrogen) atoms. The van der Waals surface area contributed by atoms with Crippen LogP contribution >= 0.6 is 23.8 Å². The number of nitrogens with one attached hydrogen (secondary N) is 1. The highest BCUT2D eigenvalue weighted by atomic mass is 35.5. The predicted octanol–water partition coefficient (Wildman–Crippen LogP) is 3.59. The van der Waals surface area contributed by atoms with Crippen LogP contribution in [0.3, 0.4) is 0 Å². The first-order valence-corrected chi connectivity index (χ1v) is 9.91. The van der Waals surface area contributed by atoms with E-state index in [0.29, 0.717) is 23.8 Å². The number of benzene rings is 1. The summed E-state index contributed by atoms with van der Waals surface area (Å²) in [5.74, 6) is 0. The van der Waals surface area contributed by atoms with Crippen LogP contribution in [-0.2, 0) is 10.0 Å². The van der Waals surface area contributed by atoms with Crippen molar-refractivity contribution in [2.24, 2.45) is 5.73 Å². The molecule has 0 aliphatic rings. The molecule has 1 aromatic rings. The van der Waals surface area contributed by atoms with Crippen LogP contribution in [0.1, 0.15) is 39.5 Å². The lowest BCUT2D eigenvalue weighted by Crippen LogP contribution is -2.33. The summed E-state index contributed by atoms with van der Waals surface area (Å²) in [7, 11) is -3.57. The molecule has 0 atom stereocenters. The molecule has 8 heteroatoms. The number of thiocarbonyl (C=S) groups is 1. The van der Waals surface area contributed by atoms with Crippen LogP contribution < -0.4 is 11.1 Å². The average molecular weight is 378 g/mol. The van der Waals surface area contributed by atoms with E-state index in [1.807, 2.05) is 13.8 Å². The van der Waals surface area contributed by atoms with Crippen molar-refractivity contribution in [2.45, 2.75) is 44.4 Å². The molecule has 1 rings (SSSR count). The number of hydrogen-bond acceptors (Lipinski definition) is 3. The van der Waals surface area contributed by atoms with Crippen LogP contribution in [0.4, 0.5) is 5.69 Å². The van der Waals surface area contributed by atoms with Gasteiger partial charge in [0.2, 0.25) is 10.0 Å². The summed E-state index contributed by atoms with van der Waals surface area (Å²) in [5.41, 5.74) is 5.84. The van der Waals surface area contributed by atoms with Gasteiger partial charge in [-0.2, -0.15) is 4.31 Å². The molecule has 5 nitrogen and oxygen atoms in total. The van der Waals surface area contributed by atoms with Crippen molar-refractivity contribution in [3.63, 3.8) is 0 Å². The van der Waals surface area contributed by atoms with Gasteiger partial charge in [0.25, 0.3) is 0 Å². The molecule has 0 spiro atoms. The number of rotatable bonds is 9. The third-order valence-electron chi connectivity index (χ3n) is 3.36. The molecule has 1 aromatic carbocycles. The predicted molar refractivity (Wildman–Crippen MR) is 100 cm³/mol. The number of sulfonamides is 1. The molecule has 0 bridgehead atoms. The van der Waals surface area contributed by atoms with E-state index in [9.17, 15) is 8.42 Å². The third kappa shape index (κ3) is 5.91. The highest BCUT2D eigenvalue weighted by Gasteiger charge is 2.24. The Morgan fingerprint density at radius 1 is 1.26 bits per heavy atom. The zero-order chi connectivity index (χ0) is 17.5. The molecule has 0 aromatic heterocycles. The largest absolute Gasteiger partial charge is 0.376 e. The maximum atomic E-state index is 12.9. The van der Waals surface area contributed by atoms with Crippen LogP contribution in [0.15, 0.2) is 23.1 Å². The van der Waals surface area contributed by atoms with Crippen molar-refractivity contribution in [3.8, 4) is 0 Å². The minimum Gasteiger partial charge on any atom is -0.376 e. The standard InChI is InChI=1S/C15H24ClN3O2S2/c1-3-5-9-19(10-6-4-2)23(20,21)12-7-8-13(16)14(11-12)18-15(17)22/h7-8,11H,3-6,9-10H2,1-2H3,(H3,17,18,22). The second-order valence-electron chi connectivity index (χ2n) is 5.24. The first-order valence-electron chi connectivity index (χ1n) is 7.69. The SMILES string of the molecule is CCCCN(CCCC)S(=O)(=O)c1ccc(Cl)c(NC(N)=S)c1. The molecule has 3 N–H and O–H groups in total. The maximum Gasteiger partial charge on any atom is 0.243 e. The summed E-state index contributed by atoms with van der Waals surface area (Å²) in [6, 6.07) is 4.52. The van der Waals surface area contributed by atoms with Gasteiger partial charge in [0.05, 0.1) is 15.6 Å². The molecule has 0 amide bonds. The lowest BCUT2D eigenvalue weighted by Gasteiger charge is -2.22. The summed E-state index contributed by atoms with van der Waals surface area (Å²) < 4.78 is 27.3. The Morgan fingerprint density at radius 3 is 2.30 bits per heavy atom. The van der Waals surface area contributed by atoms with E-state index in [0.717, 1.165) is 25.7 Å². The first kappa shape index (κ1) is 20.2. The number of halogens is 1. The molecular formula is C15H24ClN3O2S2. The second-order valence-corrected chi connectivity index (χ2v) is 8.03. The van der Waals surface area contributed by atoms with Gasteiger partial charge in [0, 0.05) is 13.1 Å².